The Morgan fingerprint density at radius 2 is 2.00 bits per heavy atom. The van der Waals surface area contributed by atoms with Gasteiger partial charge >= 0.3 is 0 Å². The molecule has 0 radical (unpaired) electrons. The van der Waals surface area contributed by atoms with E-state index >= 15 is 0 Å². The van der Waals surface area contributed by atoms with E-state index in [9.17, 15) is 9.59 Å². The van der Waals surface area contributed by atoms with Gasteiger partial charge in [-0.1, -0.05) is 24.6 Å². The van der Waals surface area contributed by atoms with Gasteiger partial charge in [-0.15, -0.1) is 0 Å². The number of ketones is 2. The van der Waals surface area contributed by atoms with Crippen LogP contribution in [0.25, 0.3) is 0 Å². The molecule has 4 rings (SSSR count). The van der Waals surface area contributed by atoms with Crippen molar-refractivity contribution in [3.05, 3.63) is 23.8 Å². The summed E-state index contributed by atoms with van der Waals surface area (Å²) in [6.45, 7) is 6.62. The van der Waals surface area contributed by atoms with Gasteiger partial charge in [-0.25, -0.2) is 0 Å². The van der Waals surface area contributed by atoms with E-state index in [4.69, 9.17) is 0 Å². The molecule has 22 heavy (non-hydrogen) atoms. The molecule has 0 N–H and O–H groups in total. The van der Waals surface area contributed by atoms with Gasteiger partial charge in [0.2, 0.25) is 0 Å². The highest BCUT2D eigenvalue weighted by atomic mass is 16.1. The first kappa shape index (κ1) is 14.4. The summed E-state index contributed by atoms with van der Waals surface area (Å²) in [5, 5.41) is 0. The molecule has 3 unspecified atom stereocenters. The number of fused-ring (bicyclic) bond motifs is 5. The summed E-state index contributed by atoms with van der Waals surface area (Å²) in [7, 11) is 0. The Bertz CT molecular complexity index is 585. The van der Waals surface area contributed by atoms with Crippen molar-refractivity contribution in [2.75, 3.05) is 0 Å². The van der Waals surface area contributed by atoms with Gasteiger partial charge in [-0.2, -0.15) is 0 Å². The Balaban J connectivity index is 1.72. The minimum atomic E-state index is -0.0933. The summed E-state index contributed by atoms with van der Waals surface area (Å²) in [6.07, 6.45) is 9.61. The minimum absolute atomic E-state index is 0.0933. The van der Waals surface area contributed by atoms with Crippen molar-refractivity contribution >= 4 is 11.6 Å². The fourth-order valence-corrected chi connectivity index (χ4v) is 6.37. The SMILES string of the molecule is C=C1CC2(CC)C(=O)CC[C@H]2C2CCC3=CC(=O)CCC3[C@@H]12. The highest BCUT2D eigenvalue weighted by Gasteiger charge is 2.58. The molecule has 2 heteroatoms. The first-order chi connectivity index (χ1) is 10.6. The summed E-state index contributed by atoms with van der Waals surface area (Å²) < 4.78 is 0. The fraction of sp³-hybridized carbons (Fsp3) is 0.700. The van der Waals surface area contributed by atoms with Gasteiger partial charge in [-0.3, -0.25) is 9.59 Å². The smallest absolute Gasteiger partial charge is 0.155 e. The highest BCUT2D eigenvalue weighted by molar-refractivity contribution is 5.91. The third-order valence-corrected chi connectivity index (χ3v) is 7.29. The van der Waals surface area contributed by atoms with Gasteiger partial charge in [0.1, 0.15) is 5.78 Å². The Morgan fingerprint density at radius 3 is 2.77 bits per heavy atom. The Labute approximate surface area is 133 Å². The van der Waals surface area contributed by atoms with Crippen LogP contribution >= 0.6 is 0 Å². The number of hydrogen-bond acceptors (Lipinski definition) is 2. The van der Waals surface area contributed by atoms with E-state index in [1.54, 1.807) is 0 Å². The van der Waals surface area contributed by atoms with E-state index in [0.29, 0.717) is 41.7 Å². The molecule has 4 aliphatic carbocycles. The average molecular weight is 298 g/mol. The minimum Gasteiger partial charge on any atom is -0.299 e. The maximum atomic E-state index is 12.6. The molecule has 0 bridgehead atoms. The molecule has 3 fully saturated rings. The number of hydrogen-bond donors (Lipinski definition) is 0. The maximum absolute atomic E-state index is 12.6. The lowest BCUT2D eigenvalue weighted by atomic mass is 9.50. The molecule has 5 atom stereocenters. The van der Waals surface area contributed by atoms with Crippen LogP contribution in [-0.2, 0) is 9.59 Å². The van der Waals surface area contributed by atoms with Crippen LogP contribution in [0.1, 0.15) is 58.3 Å². The predicted molar refractivity (Wildman–Crippen MR) is 86.2 cm³/mol. The summed E-state index contributed by atoms with van der Waals surface area (Å²) in [4.78, 5) is 24.3. The first-order valence-corrected chi connectivity index (χ1v) is 9.01. The molecule has 3 saturated carbocycles. The number of Topliss-reactive ketones (excluding diaryl/α,β-unsaturated/α-hetero) is 1. The molecule has 0 aromatic carbocycles. The molecule has 0 spiro atoms. The molecule has 0 amide bonds. The summed E-state index contributed by atoms with van der Waals surface area (Å²) in [5.41, 5.74) is 2.60. The van der Waals surface area contributed by atoms with Crippen LogP contribution in [0.15, 0.2) is 23.8 Å². The number of allylic oxidation sites excluding steroid dienone is 2. The van der Waals surface area contributed by atoms with Crippen LogP contribution in [0.3, 0.4) is 0 Å². The van der Waals surface area contributed by atoms with Crippen molar-refractivity contribution in [3.63, 3.8) is 0 Å². The Kier molecular flexibility index (Phi) is 3.22. The van der Waals surface area contributed by atoms with Gasteiger partial charge in [0, 0.05) is 18.3 Å². The number of carbonyl (C=O) groups excluding carboxylic acids is 2. The molecule has 2 nitrogen and oxygen atoms in total. The Hall–Kier alpha value is -1.18. The predicted octanol–water partition coefficient (Wildman–Crippen LogP) is 4.25. The lowest BCUT2D eigenvalue weighted by Gasteiger charge is -2.53. The van der Waals surface area contributed by atoms with Crippen molar-refractivity contribution in [1.82, 2.24) is 0 Å². The molecular weight excluding hydrogens is 272 g/mol. The third kappa shape index (κ3) is 1.79. The van der Waals surface area contributed by atoms with Crippen LogP contribution < -0.4 is 0 Å². The van der Waals surface area contributed by atoms with E-state index in [-0.39, 0.29) is 5.41 Å². The van der Waals surface area contributed by atoms with Gasteiger partial charge in [0.05, 0.1) is 0 Å². The van der Waals surface area contributed by atoms with Crippen molar-refractivity contribution in [3.8, 4) is 0 Å². The molecule has 4 aliphatic rings. The second kappa shape index (κ2) is 4.91. The van der Waals surface area contributed by atoms with E-state index < -0.39 is 0 Å². The van der Waals surface area contributed by atoms with Gasteiger partial charge in [-0.05, 0) is 68.3 Å². The lowest BCUT2D eigenvalue weighted by Crippen LogP contribution is -2.48. The third-order valence-electron chi connectivity index (χ3n) is 7.29. The van der Waals surface area contributed by atoms with Gasteiger partial charge in [0.15, 0.2) is 5.78 Å². The van der Waals surface area contributed by atoms with Crippen molar-refractivity contribution < 1.29 is 9.59 Å². The quantitative estimate of drug-likeness (QED) is 0.678. The standard InChI is InChI=1S/C20H26O2/c1-3-20-11-12(2)19-15-7-5-14(21)10-13(15)4-6-16(19)17(20)8-9-18(20)22/h10,15-17,19H,2-9,11H2,1H3/t15?,16?,17-,19+,20?/m0/s1. The van der Waals surface area contributed by atoms with Crippen molar-refractivity contribution in [1.29, 1.82) is 0 Å². The summed E-state index contributed by atoms with van der Waals surface area (Å²) in [5.74, 6) is 3.07. The van der Waals surface area contributed by atoms with Crippen molar-refractivity contribution in [2.24, 2.45) is 29.1 Å². The van der Waals surface area contributed by atoms with Gasteiger partial charge < -0.3 is 0 Å². The summed E-state index contributed by atoms with van der Waals surface area (Å²) >= 11 is 0. The summed E-state index contributed by atoms with van der Waals surface area (Å²) in [6, 6.07) is 0. The average Bonchev–Trinajstić information content (AvgIpc) is 2.84. The molecule has 0 saturated heterocycles. The maximum Gasteiger partial charge on any atom is 0.155 e. The molecule has 0 heterocycles. The van der Waals surface area contributed by atoms with E-state index in [2.05, 4.69) is 13.5 Å². The normalized spacial score (nSPS) is 44.2. The van der Waals surface area contributed by atoms with E-state index in [1.165, 1.54) is 11.1 Å². The molecule has 0 aromatic heterocycles. The van der Waals surface area contributed by atoms with Crippen LogP contribution in [-0.4, -0.2) is 11.6 Å². The monoisotopic (exact) mass is 298 g/mol. The topological polar surface area (TPSA) is 34.1 Å². The molecule has 118 valence electrons. The largest absolute Gasteiger partial charge is 0.299 e. The first-order valence-electron chi connectivity index (χ1n) is 9.01. The highest BCUT2D eigenvalue weighted by Crippen LogP contribution is 2.63. The fourth-order valence-electron chi connectivity index (χ4n) is 6.37. The van der Waals surface area contributed by atoms with Crippen LogP contribution in [0.4, 0.5) is 0 Å². The zero-order valence-electron chi connectivity index (χ0n) is 13.6. The van der Waals surface area contributed by atoms with Crippen molar-refractivity contribution in [2.45, 2.75) is 58.3 Å². The van der Waals surface area contributed by atoms with Crippen LogP contribution in [0, 0.1) is 29.1 Å². The second-order valence-electron chi connectivity index (χ2n) is 7.97. The molecule has 0 aliphatic heterocycles. The Morgan fingerprint density at radius 1 is 1.18 bits per heavy atom. The van der Waals surface area contributed by atoms with E-state index in [0.717, 1.165) is 44.9 Å². The van der Waals surface area contributed by atoms with Crippen LogP contribution in [0.2, 0.25) is 0 Å². The zero-order valence-corrected chi connectivity index (χ0v) is 13.6. The number of carbonyl (C=O) groups is 2. The van der Waals surface area contributed by atoms with Crippen LogP contribution in [0.5, 0.6) is 0 Å². The zero-order chi connectivity index (χ0) is 15.5. The number of rotatable bonds is 1. The molecule has 0 aromatic rings. The van der Waals surface area contributed by atoms with E-state index in [1.807, 2.05) is 6.08 Å². The second-order valence-corrected chi connectivity index (χ2v) is 7.97. The lowest BCUT2D eigenvalue weighted by molar-refractivity contribution is -0.130. The van der Waals surface area contributed by atoms with Gasteiger partial charge in [0.25, 0.3) is 0 Å². The molecular formula is C20H26O2.